The third-order valence-electron chi connectivity index (χ3n) is 3.07. The molecule has 0 saturated heterocycles. The Bertz CT molecular complexity index is 576. The van der Waals surface area contributed by atoms with Gasteiger partial charge in [0, 0.05) is 0 Å². The lowest BCUT2D eigenvalue weighted by Crippen LogP contribution is -2.55. The number of phenolic OH excluding ortho intramolecular Hbond substituents is 1. The summed E-state index contributed by atoms with van der Waals surface area (Å²) in [4.78, 5) is 21.0. The van der Waals surface area contributed by atoms with Gasteiger partial charge in [0.15, 0.2) is 0 Å². The molecule has 0 saturated carbocycles. The first-order valence-electron chi connectivity index (χ1n) is 5.60. The van der Waals surface area contributed by atoms with Crippen LogP contribution in [0.1, 0.15) is 16.7 Å². The molecule has 0 aliphatic heterocycles. The van der Waals surface area contributed by atoms with Crippen molar-refractivity contribution in [2.45, 2.75) is 25.6 Å². The Hall–Kier alpha value is -2.32. The average Bonchev–Trinajstić information content (AvgIpc) is 2.33. The molecule has 1 atom stereocenters. The van der Waals surface area contributed by atoms with Gasteiger partial charge in [0.2, 0.25) is 0 Å². The van der Waals surface area contributed by atoms with Crippen molar-refractivity contribution in [1.29, 1.82) is 0 Å². The summed E-state index contributed by atoms with van der Waals surface area (Å²) in [5.41, 5.74) is -5.00. The Morgan fingerprint density at radius 2 is 1.71 bits per heavy atom. The van der Waals surface area contributed by atoms with E-state index in [1.807, 2.05) is 0 Å². The fourth-order valence-electron chi connectivity index (χ4n) is 1.99. The molecule has 0 heterocycles. The number of hydrogen-bond acceptors (Lipinski definition) is 5. The van der Waals surface area contributed by atoms with Gasteiger partial charge in [-0.05, 0) is 37.1 Å². The molecular weight excluding hydrogens is 295 g/mol. The topological polar surface area (TPSA) is 89.7 Å². The Kier molecular flexibility index (Phi) is 4.16. The molecule has 1 aromatic carbocycles. The lowest BCUT2D eigenvalue weighted by Gasteiger charge is -2.25. The van der Waals surface area contributed by atoms with Gasteiger partial charge in [-0.25, -0.2) is 4.79 Å². The van der Waals surface area contributed by atoms with Crippen LogP contribution in [0.25, 0.3) is 0 Å². The smallest absolute Gasteiger partial charge is 0.477 e. The highest BCUT2D eigenvalue weighted by Gasteiger charge is 2.74. The Morgan fingerprint density at radius 3 is 2.00 bits per heavy atom. The first kappa shape index (κ1) is 16.7. The van der Waals surface area contributed by atoms with Crippen LogP contribution in [0.5, 0.6) is 5.75 Å². The molecule has 9 heteroatoms. The third-order valence-corrected chi connectivity index (χ3v) is 3.07. The monoisotopic (exact) mass is 307 g/mol. The molecule has 0 radical (unpaired) electrons. The standard InChI is InChI=1S/C12H12F3NO5/c1-6-4-8(5-7(2)9(6)17)11(16(19)20,10(18)21-3)12(13,14)15/h4-5,17H,1-3H3. The third kappa shape index (κ3) is 2.39. The van der Waals surface area contributed by atoms with Crippen molar-refractivity contribution in [3.8, 4) is 5.75 Å². The van der Waals surface area contributed by atoms with Crippen molar-refractivity contribution in [3.63, 3.8) is 0 Å². The maximum absolute atomic E-state index is 13.3. The normalized spacial score (nSPS) is 14.4. The number of phenols is 1. The van der Waals surface area contributed by atoms with Crippen LogP contribution < -0.4 is 0 Å². The zero-order chi connectivity index (χ0) is 16.6. The van der Waals surface area contributed by atoms with Gasteiger partial charge in [-0.3, -0.25) is 10.1 Å². The summed E-state index contributed by atoms with van der Waals surface area (Å²) in [6, 6.07) is 1.49. The molecule has 1 unspecified atom stereocenters. The van der Waals surface area contributed by atoms with Crippen LogP contribution in [0, 0.1) is 24.0 Å². The van der Waals surface area contributed by atoms with E-state index in [2.05, 4.69) is 4.74 Å². The molecule has 0 bridgehead atoms. The zero-order valence-electron chi connectivity index (χ0n) is 11.3. The Labute approximate surface area is 117 Å². The van der Waals surface area contributed by atoms with Gasteiger partial charge in [-0.2, -0.15) is 13.2 Å². The lowest BCUT2D eigenvalue weighted by molar-refractivity contribution is -0.606. The maximum Gasteiger partial charge on any atom is 0.477 e. The summed E-state index contributed by atoms with van der Waals surface area (Å²) in [6.45, 7) is 2.54. The largest absolute Gasteiger partial charge is 0.507 e. The van der Waals surface area contributed by atoms with Gasteiger partial charge in [0.05, 0.1) is 17.6 Å². The zero-order valence-corrected chi connectivity index (χ0v) is 11.3. The lowest BCUT2D eigenvalue weighted by atomic mass is 9.87. The van der Waals surface area contributed by atoms with E-state index in [1.54, 1.807) is 0 Å². The summed E-state index contributed by atoms with van der Waals surface area (Å²) in [5, 5.41) is 20.7. The fourth-order valence-corrected chi connectivity index (χ4v) is 1.99. The van der Waals surface area contributed by atoms with E-state index in [4.69, 9.17) is 0 Å². The van der Waals surface area contributed by atoms with E-state index in [0.29, 0.717) is 7.11 Å². The fraction of sp³-hybridized carbons (Fsp3) is 0.417. The molecule has 1 aromatic rings. The number of esters is 1. The number of benzene rings is 1. The number of ether oxygens (including phenoxy) is 1. The second kappa shape index (κ2) is 5.23. The van der Waals surface area contributed by atoms with Crippen LogP contribution in [0.2, 0.25) is 0 Å². The maximum atomic E-state index is 13.3. The van der Waals surface area contributed by atoms with Crippen LogP contribution in [-0.2, 0) is 15.1 Å². The summed E-state index contributed by atoms with van der Waals surface area (Å²) in [6.07, 6.45) is -5.51. The molecule has 0 fully saturated rings. The van der Waals surface area contributed by atoms with Crippen molar-refractivity contribution < 1.29 is 32.7 Å². The molecule has 0 aliphatic rings. The van der Waals surface area contributed by atoms with Crippen LogP contribution >= 0.6 is 0 Å². The van der Waals surface area contributed by atoms with E-state index in [-0.39, 0.29) is 16.9 Å². The molecule has 21 heavy (non-hydrogen) atoms. The number of rotatable bonds is 3. The first-order valence-corrected chi connectivity index (χ1v) is 5.60. The van der Waals surface area contributed by atoms with Crippen LogP contribution in [0.4, 0.5) is 13.2 Å². The number of carbonyl (C=O) groups excluding carboxylic acids is 1. The van der Waals surface area contributed by atoms with Crippen LogP contribution in [0.3, 0.4) is 0 Å². The van der Waals surface area contributed by atoms with E-state index in [9.17, 15) is 33.2 Å². The number of hydrogen-bond donors (Lipinski definition) is 1. The van der Waals surface area contributed by atoms with Crippen molar-refractivity contribution in [3.05, 3.63) is 38.9 Å². The molecule has 0 aromatic heterocycles. The summed E-state index contributed by atoms with van der Waals surface area (Å²) in [5.74, 6) is -2.35. The molecule has 0 aliphatic carbocycles. The van der Waals surface area contributed by atoms with Crippen molar-refractivity contribution >= 4 is 5.97 Å². The van der Waals surface area contributed by atoms with Crippen LogP contribution in [0.15, 0.2) is 12.1 Å². The molecule has 6 nitrogen and oxygen atoms in total. The van der Waals surface area contributed by atoms with E-state index < -0.39 is 28.2 Å². The molecule has 1 N–H and O–H groups in total. The van der Waals surface area contributed by atoms with Gasteiger partial charge in [-0.1, -0.05) is 0 Å². The van der Waals surface area contributed by atoms with Gasteiger partial charge < -0.3 is 9.84 Å². The van der Waals surface area contributed by atoms with Gasteiger partial charge in [-0.15, -0.1) is 0 Å². The second-order valence-electron chi connectivity index (χ2n) is 4.42. The summed E-state index contributed by atoms with van der Waals surface area (Å²) >= 11 is 0. The minimum atomic E-state index is -5.51. The van der Waals surface area contributed by atoms with Crippen molar-refractivity contribution in [2.75, 3.05) is 7.11 Å². The van der Waals surface area contributed by atoms with Gasteiger partial charge in [0.25, 0.3) is 0 Å². The predicted molar refractivity (Wildman–Crippen MR) is 64.3 cm³/mol. The van der Waals surface area contributed by atoms with E-state index in [0.717, 1.165) is 12.1 Å². The number of carbonyl (C=O) groups is 1. The number of alkyl halides is 3. The number of nitrogens with zero attached hydrogens (tertiary/aromatic N) is 1. The number of halogens is 3. The van der Waals surface area contributed by atoms with Crippen molar-refractivity contribution in [1.82, 2.24) is 0 Å². The first-order chi connectivity index (χ1) is 9.50. The predicted octanol–water partition coefficient (Wildman–Crippen LogP) is 2.22. The Morgan fingerprint density at radius 1 is 1.29 bits per heavy atom. The highest BCUT2D eigenvalue weighted by molar-refractivity contribution is 5.82. The number of aromatic hydroxyl groups is 1. The molecule has 116 valence electrons. The quantitative estimate of drug-likeness (QED) is 0.525. The van der Waals surface area contributed by atoms with E-state index in [1.165, 1.54) is 13.8 Å². The minimum absolute atomic E-state index is 0.0237. The van der Waals surface area contributed by atoms with Gasteiger partial charge >= 0.3 is 17.7 Å². The average molecular weight is 307 g/mol. The highest BCUT2D eigenvalue weighted by atomic mass is 19.4. The van der Waals surface area contributed by atoms with Crippen LogP contribution in [-0.4, -0.2) is 29.3 Å². The molecule has 1 rings (SSSR count). The number of nitro groups is 1. The second-order valence-corrected chi connectivity index (χ2v) is 4.42. The van der Waals surface area contributed by atoms with Gasteiger partial charge in [0.1, 0.15) is 5.75 Å². The van der Waals surface area contributed by atoms with Crippen molar-refractivity contribution in [2.24, 2.45) is 0 Å². The number of aryl methyl sites for hydroxylation is 2. The molecular formula is C12H12F3NO5. The molecule has 0 amide bonds. The SMILES string of the molecule is COC(=O)C(c1cc(C)c(O)c(C)c1)([N+](=O)[O-])C(F)(F)F. The molecule has 0 spiro atoms. The summed E-state index contributed by atoms with van der Waals surface area (Å²) < 4.78 is 43.9. The number of methoxy groups -OCH3 is 1. The Balaban J connectivity index is 3.82. The van der Waals surface area contributed by atoms with E-state index >= 15 is 0 Å². The summed E-state index contributed by atoms with van der Waals surface area (Å²) in [7, 11) is 0.631. The highest BCUT2D eigenvalue weighted by Crippen LogP contribution is 2.44. The minimum Gasteiger partial charge on any atom is -0.507 e.